The van der Waals surface area contributed by atoms with Crippen molar-refractivity contribution in [3.8, 4) is 29.9 Å². The molecule has 0 aliphatic carbocycles. The fourth-order valence-corrected chi connectivity index (χ4v) is 9.91. The Kier molecular flexibility index (Phi) is 25.3. The van der Waals surface area contributed by atoms with Gasteiger partial charge in [0.2, 0.25) is 11.7 Å². The molecule has 0 radical (unpaired) electrons. The molecule has 0 fully saturated rings. The summed E-state index contributed by atoms with van der Waals surface area (Å²) in [6.45, 7) is 9.98. The summed E-state index contributed by atoms with van der Waals surface area (Å²) in [5.41, 5.74) is 14.5. The number of ether oxygens (including phenoxy) is 5. The van der Waals surface area contributed by atoms with Crippen molar-refractivity contribution in [2.45, 2.75) is 34.6 Å². The normalized spacial score (nSPS) is 10.3. The van der Waals surface area contributed by atoms with Gasteiger partial charge in [-0.1, -0.05) is 82.3 Å². The second-order valence-corrected chi connectivity index (χ2v) is 20.6. The fourth-order valence-electron chi connectivity index (χ4n) is 9.91. The topological polar surface area (TPSA) is 252 Å². The van der Waals surface area contributed by atoms with E-state index in [0.29, 0.717) is 35.9 Å². The molecule has 0 unspecified atom stereocenters. The summed E-state index contributed by atoms with van der Waals surface area (Å²) in [5, 5.41) is 7.98. The highest BCUT2D eigenvalue weighted by Gasteiger charge is 2.11. The maximum atomic E-state index is 5.29. The van der Waals surface area contributed by atoms with Crippen molar-refractivity contribution in [1.29, 1.82) is 0 Å². The number of benzene rings is 4. The number of hydrogen-bond donors (Lipinski definition) is 1. The SMILES string of the molecule is CC.CC.CNc1nc2ccccc2o1.COc1nc2ccccc2n1C.COc1nc2ccccc2n1C.COc1nc2ccccn2c1C.COc1nc2ccncc2n1C.COc1nc2ncccc2n1C.Cn1ccn2c3ccccc3nc12.Cn1ncc2cccnc21. The number of aryl methyl sites for hydroxylation is 7. The van der Waals surface area contributed by atoms with Gasteiger partial charge in [0.1, 0.15) is 11.2 Å². The highest BCUT2D eigenvalue weighted by Crippen LogP contribution is 2.23. The van der Waals surface area contributed by atoms with Gasteiger partial charge in [-0.25, -0.2) is 15.0 Å². The number of aromatic nitrogens is 19. The van der Waals surface area contributed by atoms with Gasteiger partial charge < -0.3 is 42.4 Å². The molecule has 17 rings (SSSR count). The molecule has 0 aliphatic heterocycles. The summed E-state index contributed by atoms with van der Waals surface area (Å²) in [4.78, 5) is 42.1. The van der Waals surface area contributed by atoms with Crippen molar-refractivity contribution >= 4 is 94.9 Å². The van der Waals surface area contributed by atoms with Crippen LogP contribution in [-0.4, -0.2) is 134 Å². The van der Waals surface area contributed by atoms with E-state index < -0.39 is 0 Å². The van der Waals surface area contributed by atoms with E-state index >= 15 is 0 Å². The Balaban J connectivity index is 0.000000142. The second-order valence-electron chi connectivity index (χ2n) is 20.6. The average Bonchev–Trinajstić information content (AvgIpc) is 1.63. The summed E-state index contributed by atoms with van der Waals surface area (Å²) >= 11 is 0. The Labute approximate surface area is 567 Å². The highest BCUT2D eigenvalue weighted by atomic mass is 16.5. The lowest BCUT2D eigenvalue weighted by Crippen LogP contribution is -1.93. The zero-order chi connectivity index (χ0) is 70.3. The lowest BCUT2D eigenvalue weighted by molar-refractivity contribution is 0.368. The van der Waals surface area contributed by atoms with Gasteiger partial charge in [0.05, 0.1) is 103 Å². The number of oxazole rings is 1. The molecule has 0 aliphatic rings. The molecule has 13 aromatic heterocycles. The van der Waals surface area contributed by atoms with E-state index in [4.69, 9.17) is 28.1 Å². The standard InChI is InChI=1S/C10H9N3.3C9H10N2O.2C8H9N3O.C8H8N2O.C7H7N3.2C2H6/c1-12-6-7-13-9-5-3-2-4-8(9)11-10(12)13;2*1-11-8-6-4-3-5-7(8)10-9(11)12-2;1-7-9(12-2)10-8-5-3-4-6-11(7)8;1-11-7-5-9-4-3-6(7)10-8(11)12-2;1-11-6-4-3-5-9-7(6)10-8(11)12-2;1-9-8-10-6-4-2-3-5-7(6)11-8;1-10-7-6(5-9-10)3-2-4-8-7;2*1-2/h2-7H,1H3;3*3-6H,1-2H3;2*3-5H,1-2H3;2-5H,1H3,(H,9,10);2-5H,1H3;2*1-2H3. The number of hydrogen-bond acceptors (Lipinski definition) is 18. The van der Waals surface area contributed by atoms with Gasteiger partial charge in [-0.05, 0) is 97.9 Å². The van der Waals surface area contributed by atoms with Gasteiger partial charge >= 0.3 is 0 Å². The molecule has 0 saturated carbocycles. The van der Waals surface area contributed by atoms with E-state index in [1.807, 2.05) is 268 Å². The molecule has 0 spiro atoms. The van der Waals surface area contributed by atoms with Gasteiger partial charge in [-0.2, -0.15) is 35.0 Å². The van der Waals surface area contributed by atoms with Crippen LogP contribution in [0.25, 0.3) is 88.9 Å². The third-order valence-corrected chi connectivity index (χ3v) is 14.7. The van der Waals surface area contributed by atoms with Crippen LogP contribution >= 0.6 is 0 Å². The quantitative estimate of drug-likeness (QED) is 0.162. The van der Waals surface area contributed by atoms with Crippen molar-refractivity contribution in [3.05, 3.63) is 201 Å². The first-order chi connectivity index (χ1) is 47.8. The number of anilines is 1. The second kappa shape index (κ2) is 34.7. The minimum absolute atomic E-state index is 0.561. The van der Waals surface area contributed by atoms with Crippen LogP contribution in [0.15, 0.2) is 200 Å². The van der Waals surface area contributed by atoms with Crippen molar-refractivity contribution < 1.29 is 28.1 Å². The monoisotopic (exact) mass is 1320 g/mol. The third-order valence-electron chi connectivity index (χ3n) is 14.7. The predicted octanol–water partition coefficient (Wildman–Crippen LogP) is 13.5. The van der Waals surface area contributed by atoms with E-state index in [1.165, 1.54) is 0 Å². The number of pyridine rings is 4. The molecule has 4 aromatic carbocycles. The van der Waals surface area contributed by atoms with Crippen molar-refractivity contribution in [2.24, 2.45) is 42.3 Å². The lowest BCUT2D eigenvalue weighted by atomic mass is 10.3. The molecule has 0 amide bonds. The number of rotatable bonds is 6. The summed E-state index contributed by atoms with van der Waals surface area (Å²) in [5.74, 6) is 1.68. The summed E-state index contributed by atoms with van der Waals surface area (Å²) < 4.78 is 46.1. The minimum atomic E-state index is 0.561. The molecule has 1 N–H and O–H groups in total. The number of nitrogens with one attached hydrogen (secondary N) is 1. The lowest BCUT2D eigenvalue weighted by Gasteiger charge is -1.97. The smallest absolute Gasteiger partial charge is 0.298 e. The van der Waals surface area contributed by atoms with Gasteiger partial charge in [-0.3, -0.25) is 32.3 Å². The molecule has 98 heavy (non-hydrogen) atoms. The first-order valence-corrected chi connectivity index (χ1v) is 31.4. The number of nitrogens with zero attached hydrogens (tertiary/aromatic N) is 19. The Hall–Kier alpha value is -12.4. The van der Waals surface area contributed by atoms with Crippen LogP contribution in [0.4, 0.5) is 6.01 Å². The number of imidazole rings is 7. The maximum Gasteiger partial charge on any atom is 0.298 e. The molecule has 0 atom stereocenters. The Morgan fingerprint density at radius 1 is 0.418 bits per heavy atom. The van der Waals surface area contributed by atoms with Crippen LogP contribution in [0.3, 0.4) is 0 Å². The van der Waals surface area contributed by atoms with Crippen LogP contribution in [0.1, 0.15) is 33.4 Å². The molecular formula is C72H84N20O6. The average molecular weight is 1330 g/mol. The predicted molar refractivity (Wildman–Crippen MR) is 388 cm³/mol. The summed E-state index contributed by atoms with van der Waals surface area (Å²) in [7, 11) is 21.4. The molecular weight excluding hydrogens is 1240 g/mol. The van der Waals surface area contributed by atoms with Crippen LogP contribution in [0, 0.1) is 6.92 Å². The Bertz CT molecular complexity index is 4780. The molecule has 17 aromatic rings. The van der Waals surface area contributed by atoms with Crippen LogP contribution in [0.2, 0.25) is 0 Å². The molecule has 0 saturated heterocycles. The number of para-hydroxylation sites is 8. The Morgan fingerprint density at radius 3 is 1.48 bits per heavy atom. The van der Waals surface area contributed by atoms with Crippen molar-refractivity contribution in [3.63, 3.8) is 0 Å². The van der Waals surface area contributed by atoms with E-state index in [2.05, 4.69) is 70.7 Å². The molecule has 26 heteroatoms. The van der Waals surface area contributed by atoms with Crippen molar-refractivity contribution in [1.82, 2.24) is 91.3 Å². The third kappa shape index (κ3) is 16.6. The first kappa shape index (κ1) is 71.5. The summed E-state index contributed by atoms with van der Waals surface area (Å²) in [6, 6.07) is 50.2. The van der Waals surface area contributed by atoms with E-state index in [9.17, 15) is 0 Å². The zero-order valence-electron chi connectivity index (χ0n) is 58.4. The van der Waals surface area contributed by atoms with Gasteiger partial charge in [-0.15, -0.1) is 0 Å². The van der Waals surface area contributed by atoms with Gasteiger partial charge in [0, 0.05) is 91.9 Å². The number of fused-ring (bicyclic) bond motifs is 10. The summed E-state index contributed by atoms with van der Waals surface area (Å²) in [6.07, 6.45) is 14.8. The van der Waals surface area contributed by atoms with Crippen LogP contribution < -0.4 is 29.0 Å². The largest absolute Gasteiger partial charge is 0.480 e. The molecule has 13 heterocycles. The van der Waals surface area contributed by atoms with Crippen molar-refractivity contribution in [2.75, 3.05) is 47.9 Å². The zero-order valence-corrected chi connectivity index (χ0v) is 58.4. The molecule has 0 bridgehead atoms. The van der Waals surface area contributed by atoms with Gasteiger partial charge in [0.25, 0.3) is 30.1 Å². The maximum absolute atomic E-state index is 5.29. The van der Waals surface area contributed by atoms with E-state index in [-0.39, 0.29) is 0 Å². The Morgan fingerprint density at radius 2 is 0.929 bits per heavy atom. The van der Waals surface area contributed by atoms with Gasteiger partial charge in [0.15, 0.2) is 16.9 Å². The van der Waals surface area contributed by atoms with E-state index in [0.717, 1.165) is 94.5 Å². The fraction of sp³-hybridized carbons (Fsp3) is 0.236. The van der Waals surface area contributed by atoms with Crippen LogP contribution in [0.5, 0.6) is 29.9 Å². The molecule has 508 valence electrons. The highest BCUT2D eigenvalue weighted by molar-refractivity contribution is 5.80. The molecule has 26 nitrogen and oxygen atoms in total. The first-order valence-electron chi connectivity index (χ1n) is 31.4. The number of methoxy groups -OCH3 is 5. The minimum Gasteiger partial charge on any atom is -0.480 e. The van der Waals surface area contributed by atoms with E-state index in [1.54, 1.807) is 72.1 Å². The van der Waals surface area contributed by atoms with Crippen LogP contribution in [-0.2, 0) is 42.3 Å².